The normalized spacial score (nSPS) is 21.2. The molecule has 0 amide bonds. The molecule has 1 saturated heterocycles. The molecule has 1 aromatic rings. The monoisotopic (exact) mass is 306 g/mol. The van der Waals surface area contributed by atoms with Crippen LogP contribution in [0.3, 0.4) is 0 Å². The van der Waals surface area contributed by atoms with E-state index in [1.54, 1.807) is 0 Å². The third-order valence-electron chi connectivity index (χ3n) is 4.26. The standard InChI is InChI=1S/C17H26N2O3/c1-17(20,13-19-5-8-21-9-6-19)12-18-11-14-2-3-16-15(10-14)4-7-22-16/h2-3,10,18,20H,4-9,11-13H2,1H3. The van der Waals surface area contributed by atoms with Crippen molar-refractivity contribution in [3.8, 4) is 5.75 Å². The van der Waals surface area contributed by atoms with Gasteiger partial charge in [0.05, 0.1) is 25.4 Å². The highest BCUT2D eigenvalue weighted by molar-refractivity contribution is 5.39. The summed E-state index contributed by atoms with van der Waals surface area (Å²) in [5.74, 6) is 1.02. The third kappa shape index (κ3) is 4.20. The van der Waals surface area contributed by atoms with Gasteiger partial charge >= 0.3 is 0 Å². The van der Waals surface area contributed by atoms with Gasteiger partial charge in [0, 0.05) is 39.1 Å². The lowest BCUT2D eigenvalue weighted by Crippen LogP contribution is -2.50. The minimum atomic E-state index is -0.725. The number of hydrogen-bond donors (Lipinski definition) is 2. The molecular formula is C17H26N2O3. The van der Waals surface area contributed by atoms with E-state index in [4.69, 9.17) is 9.47 Å². The number of benzene rings is 1. The lowest BCUT2D eigenvalue weighted by molar-refractivity contribution is -0.0219. The highest BCUT2D eigenvalue weighted by Crippen LogP contribution is 2.25. The fourth-order valence-corrected chi connectivity index (χ4v) is 3.12. The van der Waals surface area contributed by atoms with Crippen molar-refractivity contribution in [1.82, 2.24) is 10.2 Å². The van der Waals surface area contributed by atoms with E-state index in [-0.39, 0.29) is 0 Å². The first-order chi connectivity index (χ1) is 10.6. The third-order valence-corrected chi connectivity index (χ3v) is 4.26. The highest BCUT2D eigenvalue weighted by Gasteiger charge is 2.24. The number of aliphatic hydroxyl groups is 1. The number of nitrogens with zero attached hydrogens (tertiary/aromatic N) is 1. The maximum Gasteiger partial charge on any atom is 0.122 e. The van der Waals surface area contributed by atoms with E-state index in [2.05, 4.69) is 22.3 Å². The molecule has 0 aromatic heterocycles. The van der Waals surface area contributed by atoms with Crippen molar-refractivity contribution >= 4 is 0 Å². The Bertz CT molecular complexity index is 499. The Morgan fingerprint density at radius 2 is 2.09 bits per heavy atom. The van der Waals surface area contributed by atoms with Gasteiger partial charge in [-0.2, -0.15) is 0 Å². The predicted octanol–water partition coefficient (Wildman–Crippen LogP) is 0.794. The fraction of sp³-hybridized carbons (Fsp3) is 0.647. The van der Waals surface area contributed by atoms with E-state index in [9.17, 15) is 5.11 Å². The molecular weight excluding hydrogens is 280 g/mol. The zero-order chi connectivity index (χ0) is 15.4. The lowest BCUT2D eigenvalue weighted by Gasteiger charge is -2.34. The molecule has 0 bridgehead atoms. The first-order valence-electron chi connectivity index (χ1n) is 8.10. The van der Waals surface area contributed by atoms with E-state index < -0.39 is 5.60 Å². The number of nitrogens with one attached hydrogen (secondary N) is 1. The van der Waals surface area contributed by atoms with Crippen LogP contribution >= 0.6 is 0 Å². The van der Waals surface area contributed by atoms with Gasteiger partial charge in [-0.25, -0.2) is 0 Å². The Labute approximate surface area is 132 Å². The van der Waals surface area contributed by atoms with Crippen LogP contribution in [0.15, 0.2) is 18.2 Å². The molecule has 3 rings (SSSR count). The summed E-state index contributed by atoms with van der Waals surface area (Å²) < 4.78 is 10.9. The Balaban J connectivity index is 1.45. The van der Waals surface area contributed by atoms with E-state index in [0.29, 0.717) is 13.1 Å². The average Bonchev–Trinajstić information content (AvgIpc) is 2.95. The number of ether oxygens (including phenoxy) is 2. The van der Waals surface area contributed by atoms with Crippen LogP contribution in [-0.2, 0) is 17.7 Å². The van der Waals surface area contributed by atoms with Gasteiger partial charge in [-0.15, -0.1) is 0 Å². The second-order valence-corrected chi connectivity index (χ2v) is 6.53. The van der Waals surface area contributed by atoms with E-state index >= 15 is 0 Å². The SMILES string of the molecule is CC(O)(CNCc1ccc2c(c1)CCO2)CN1CCOCC1. The van der Waals surface area contributed by atoms with Crippen molar-refractivity contribution in [2.45, 2.75) is 25.5 Å². The summed E-state index contributed by atoms with van der Waals surface area (Å²) >= 11 is 0. The Morgan fingerprint density at radius 3 is 2.91 bits per heavy atom. The molecule has 1 aromatic carbocycles. The maximum absolute atomic E-state index is 10.5. The average molecular weight is 306 g/mol. The van der Waals surface area contributed by atoms with Crippen LogP contribution in [0, 0.1) is 0 Å². The molecule has 0 saturated carbocycles. The Morgan fingerprint density at radius 1 is 1.27 bits per heavy atom. The Kier molecular flexibility index (Phi) is 4.98. The predicted molar refractivity (Wildman–Crippen MR) is 85.2 cm³/mol. The lowest BCUT2D eigenvalue weighted by atomic mass is 10.1. The van der Waals surface area contributed by atoms with Crippen LogP contribution in [0.5, 0.6) is 5.75 Å². The van der Waals surface area contributed by atoms with Crippen molar-refractivity contribution in [1.29, 1.82) is 0 Å². The highest BCUT2D eigenvalue weighted by atomic mass is 16.5. The molecule has 0 aliphatic carbocycles. The van der Waals surface area contributed by atoms with Gasteiger partial charge in [0.2, 0.25) is 0 Å². The summed E-state index contributed by atoms with van der Waals surface area (Å²) in [6, 6.07) is 6.34. The van der Waals surface area contributed by atoms with Gasteiger partial charge in [-0.1, -0.05) is 12.1 Å². The summed E-state index contributed by atoms with van der Waals surface area (Å²) in [7, 11) is 0. The molecule has 5 heteroatoms. The molecule has 22 heavy (non-hydrogen) atoms. The van der Waals surface area contributed by atoms with Gasteiger partial charge in [0.25, 0.3) is 0 Å². The second kappa shape index (κ2) is 6.96. The fourth-order valence-electron chi connectivity index (χ4n) is 3.12. The largest absolute Gasteiger partial charge is 0.493 e. The summed E-state index contributed by atoms with van der Waals surface area (Å²) in [6.45, 7) is 8.06. The van der Waals surface area contributed by atoms with Crippen molar-refractivity contribution < 1.29 is 14.6 Å². The first-order valence-corrected chi connectivity index (χ1v) is 8.10. The summed E-state index contributed by atoms with van der Waals surface area (Å²) in [5.41, 5.74) is 1.81. The zero-order valence-electron chi connectivity index (χ0n) is 13.3. The smallest absolute Gasteiger partial charge is 0.122 e. The van der Waals surface area contributed by atoms with E-state index in [0.717, 1.165) is 51.6 Å². The molecule has 2 aliphatic rings. The molecule has 5 nitrogen and oxygen atoms in total. The molecule has 0 radical (unpaired) electrons. The van der Waals surface area contributed by atoms with Crippen LogP contribution in [0.25, 0.3) is 0 Å². The number of fused-ring (bicyclic) bond motifs is 1. The van der Waals surface area contributed by atoms with Crippen molar-refractivity contribution in [2.24, 2.45) is 0 Å². The second-order valence-electron chi connectivity index (χ2n) is 6.53. The minimum absolute atomic E-state index is 0.581. The quantitative estimate of drug-likeness (QED) is 0.814. The molecule has 2 aliphatic heterocycles. The summed E-state index contributed by atoms with van der Waals surface area (Å²) in [5, 5.41) is 13.9. The molecule has 1 unspecified atom stereocenters. The maximum atomic E-state index is 10.5. The van der Waals surface area contributed by atoms with E-state index in [1.807, 2.05) is 13.0 Å². The van der Waals surface area contributed by atoms with Gasteiger partial charge < -0.3 is 19.9 Å². The van der Waals surface area contributed by atoms with Crippen molar-refractivity contribution in [3.05, 3.63) is 29.3 Å². The van der Waals surface area contributed by atoms with E-state index in [1.165, 1.54) is 11.1 Å². The van der Waals surface area contributed by atoms with Gasteiger partial charge in [0.15, 0.2) is 0 Å². The van der Waals surface area contributed by atoms with Gasteiger partial charge in [-0.05, 0) is 24.1 Å². The number of rotatable bonds is 6. The van der Waals surface area contributed by atoms with Gasteiger partial charge in [0.1, 0.15) is 5.75 Å². The molecule has 2 heterocycles. The van der Waals surface area contributed by atoms with Crippen molar-refractivity contribution in [2.75, 3.05) is 46.0 Å². The van der Waals surface area contributed by atoms with Crippen LogP contribution in [-0.4, -0.2) is 61.6 Å². The Hall–Kier alpha value is -1.14. The molecule has 122 valence electrons. The number of morpholine rings is 1. The summed E-state index contributed by atoms with van der Waals surface area (Å²) in [6.07, 6.45) is 0.998. The topological polar surface area (TPSA) is 54.0 Å². The van der Waals surface area contributed by atoms with Crippen LogP contribution in [0.1, 0.15) is 18.1 Å². The number of β-amino-alcohol motifs (C(OH)–C–C–N with tert-alkyl or cyclic N) is 1. The van der Waals surface area contributed by atoms with Gasteiger partial charge in [-0.3, -0.25) is 4.90 Å². The van der Waals surface area contributed by atoms with Crippen LogP contribution in [0.2, 0.25) is 0 Å². The van der Waals surface area contributed by atoms with Crippen molar-refractivity contribution in [3.63, 3.8) is 0 Å². The van der Waals surface area contributed by atoms with Crippen LogP contribution in [0.4, 0.5) is 0 Å². The molecule has 1 atom stereocenters. The molecule has 2 N–H and O–H groups in total. The molecule has 0 spiro atoms. The summed E-state index contributed by atoms with van der Waals surface area (Å²) in [4.78, 5) is 2.26. The molecule has 1 fully saturated rings. The zero-order valence-corrected chi connectivity index (χ0v) is 13.3. The first kappa shape index (κ1) is 15.7. The number of hydrogen-bond acceptors (Lipinski definition) is 5. The van der Waals surface area contributed by atoms with Crippen LogP contribution < -0.4 is 10.1 Å². The minimum Gasteiger partial charge on any atom is -0.493 e.